The number of piperidine rings is 2. The minimum absolute atomic E-state index is 0.0674. The Morgan fingerprint density at radius 1 is 1.00 bits per heavy atom. The summed E-state index contributed by atoms with van der Waals surface area (Å²) in [6, 6.07) is 12.5. The van der Waals surface area contributed by atoms with Crippen LogP contribution in [0.1, 0.15) is 31.4 Å². The van der Waals surface area contributed by atoms with Gasteiger partial charge in [0.1, 0.15) is 11.9 Å². The molecule has 2 bridgehead atoms. The molecule has 31 heavy (non-hydrogen) atoms. The second-order valence-electron chi connectivity index (χ2n) is 8.29. The first-order valence-electron chi connectivity index (χ1n) is 10.6. The first kappa shape index (κ1) is 19.8. The number of hydrogen-bond acceptors (Lipinski definition) is 7. The molecule has 0 saturated carbocycles. The van der Waals surface area contributed by atoms with Gasteiger partial charge in [0.25, 0.3) is 0 Å². The first-order chi connectivity index (χ1) is 15.1. The van der Waals surface area contributed by atoms with Gasteiger partial charge in [-0.1, -0.05) is 12.5 Å². The summed E-state index contributed by atoms with van der Waals surface area (Å²) in [7, 11) is 0. The third-order valence-corrected chi connectivity index (χ3v) is 6.05. The summed E-state index contributed by atoms with van der Waals surface area (Å²) < 4.78 is 20.6. The van der Waals surface area contributed by atoms with Crippen molar-refractivity contribution in [1.82, 2.24) is 25.7 Å². The number of aromatic nitrogens is 4. The van der Waals surface area contributed by atoms with Gasteiger partial charge in [-0.25, -0.2) is 4.39 Å². The molecule has 0 amide bonds. The summed E-state index contributed by atoms with van der Waals surface area (Å²) >= 11 is 0. The highest BCUT2D eigenvalue weighted by Crippen LogP contribution is 2.33. The lowest BCUT2D eigenvalue weighted by molar-refractivity contribution is 0.00652. The van der Waals surface area contributed by atoms with Crippen LogP contribution in [0.4, 0.5) is 4.39 Å². The highest BCUT2D eigenvalue weighted by molar-refractivity contribution is 5.72. The molecule has 2 N–H and O–H groups in total. The summed E-state index contributed by atoms with van der Waals surface area (Å²) in [6.45, 7) is 1.87. The lowest BCUT2D eigenvalue weighted by Crippen LogP contribution is -2.59. The number of benzene rings is 1. The monoisotopic (exact) mass is 421 g/mol. The molecule has 0 aliphatic carbocycles. The van der Waals surface area contributed by atoms with E-state index in [4.69, 9.17) is 4.74 Å². The minimum atomic E-state index is -1.06. The summed E-state index contributed by atoms with van der Waals surface area (Å²) in [6.07, 6.45) is 2.01. The Balaban J connectivity index is 1.31. The third kappa shape index (κ3) is 4.07. The Morgan fingerprint density at radius 3 is 2.58 bits per heavy atom. The van der Waals surface area contributed by atoms with Crippen molar-refractivity contribution in [3.8, 4) is 34.1 Å². The molecule has 3 aromatic rings. The molecule has 0 radical (unpaired) electrons. The number of hydrogen-bond donors (Lipinski definition) is 2. The van der Waals surface area contributed by atoms with E-state index in [2.05, 4.69) is 25.7 Å². The van der Waals surface area contributed by atoms with Gasteiger partial charge in [-0.2, -0.15) is 10.2 Å². The van der Waals surface area contributed by atoms with Crippen LogP contribution in [0.2, 0.25) is 0 Å². The summed E-state index contributed by atoms with van der Waals surface area (Å²) in [4.78, 5) is 0. The van der Waals surface area contributed by atoms with E-state index in [1.54, 1.807) is 24.3 Å². The molecule has 160 valence electrons. The van der Waals surface area contributed by atoms with Crippen molar-refractivity contribution < 1.29 is 14.2 Å². The fourth-order valence-corrected chi connectivity index (χ4v) is 4.42. The van der Waals surface area contributed by atoms with E-state index in [1.165, 1.54) is 0 Å². The molecule has 2 aromatic heterocycles. The normalized spacial score (nSPS) is 25.2. The number of aryl methyl sites for hydroxylation is 1. The van der Waals surface area contributed by atoms with Crippen LogP contribution >= 0.6 is 0 Å². The maximum Gasteiger partial charge on any atom is 0.233 e. The molecule has 4 heterocycles. The lowest BCUT2D eigenvalue weighted by atomic mass is 9.84. The number of phenolic OH excluding ortho intramolecular Hbond substituents is 1. The number of phenols is 1. The molecular weight excluding hydrogens is 397 g/mol. The molecule has 7 nitrogen and oxygen atoms in total. The van der Waals surface area contributed by atoms with Gasteiger partial charge in [0.15, 0.2) is 6.17 Å². The van der Waals surface area contributed by atoms with Crippen LogP contribution in [0.25, 0.3) is 22.5 Å². The summed E-state index contributed by atoms with van der Waals surface area (Å²) in [5, 5.41) is 30.4. The second kappa shape index (κ2) is 8.19. The van der Waals surface area contributed by atoms with Crippen molar-refractivity contribution >= 4 is 0 Å². The number of ether oxygens (including phenoxy) is 1. The summed E-state index contributed by atoms with van der Waals surface area (Å²) in [5.41, 5.74) is 3.31. The Morgan fingerprint density at radius 2 is 1.84 bits per heavy atom. The highest BCUT2D eigenvalue weighted by atomic mass is 19.1. The molecule has 2 fully saturated rings. The van der Waals surface area contributed by atoms with E-state index in [0.717, 1.165) is 30.5 Å². The van der Waals surface area contributed by atoms with E-state index in [1.807, 2.05) is 25.1 Å². The Bertz CT molecular complexity index is 1060. The Hall–Kier alpha value is -3.13. The van der Waals surface area contributed by atoms with E-state index < -0.39 is 12.3 Å². The van der Waals surface area contributed by atoms with E-state index in [-0.39, 0.29) is 11.8 Å². The fraction of sp³-hybridized carbons (Fsp3) is 0.391. The van der Waals surface area contributed by atoms with Crippen molar-refractivity contribution in [2.75, 3.05) is 0 Å². The van der Waals surface area contributed by atoms with Gasteiger partial charge in [0.2, 0.25) is 5.88 Å². The van der Waals surface area contributed by atoms with Gasteiger partial charge in [0.05, 0.1) is 17.1 Å². The molecule has 4 atom stereocenters. The van der Waals surface area contributed by atoms with Crippen molar-refractivity contribution in [1.29, 1.82) is 0 Å². The second-order valence-corrected chi connectivity index (χ2v) is 8.29. The van der Waals surface area contributed by atoms with E-state index >= 15 is 0 Å². The smallest absolute Gasteiger partial charge is 0.233 e. The quantitative estimate of drug-likeness (QED) is 0.665. The molecule has 5 rings (SSSR count). The van der Waals surface area contributed by atoms with Crippen LogP contribution in [-0.2, 0) is 0 Å². The molecule has 8 heteroatoms. The number of fused-ring (bicyclic) bond motifs is 2. The van der Waals surface area contributed by atoms with Gasteiger partial charge >= 0.3 is 0 Å². The minimum Gasteiger partial charge on any atom is -0.507 e. The zero-order valence-corrected chi connectivity index (χ0v) is 17.2. The van der Waals surface area contributed by atoms with Crippen LogP contribution in [-0.4, -0.2) is 49.9 Å². The third-order valence-electron chi connectivity index (χ3n) is 6.05. The zero-order chi connectivity index (χ0) is 21.4. The Labute approximate surface area is 179 Å². The number of halogens is 1. The van der Waals surface area contributed by atoms with Gasteiger partial charge in [-0.3, -0.25) is 0 Å². The molecule has 2 aliphatic heterocycles. The van der Waals surface area contributed by atoms with E-state index in [9.17, 15) is 9.50 Å². The van der Waals surface area contributed by atoms with Crippen molar-refractivity contribution in [2.45, 2.75) is 57.0 Å². The Kier molecular flexibility index (Phi) is 5.23. The first-order valence-corrected chi connectivity index (χ1v) is 10.6. The fourth-order valence-electron chi connectivity index (χ4n) is 4.42. The average Bonchev–Trinajstić information content (AvgIpc) is 2.79. The zero-order valence-electron chi connectivity index (χ0n) is 17.2. The maximum atomic E-state index is 14.7. The predicted molar refractivity (Wildman–Crippen MR) is 113 cm³/mol. The molecule has 2 aliphatic rings. The van der Waals surface area contributed by atoms with Gasteiger partial charge in [-0.15, -0.1) is 10.2 Å². The highest BCUT2D eigenvalue weighted by Gasteiger charge is 2.41. The standard InChI is InChI=1S/C23H24FN5O2/c1-13-5-8-17(27-26-13)14-6-7-16(20(30)11-14)18-9-10-22(29-28-18)31-21-12-15-3-2-4-19(25-15)23(21)24/h5-11,15,19,21,23,25,30H,2-4,12H2,1H3/t15-,19+,21-,23+/m1/s1. The van der Waals surface area contributed by atoms with Crippen LogP contribution in [0.15, 0.2) is 42.5 Å². The molecule has 0 spiro atoms. The molecule has 2 saturated heterocycles. The molecule has 0 unspecified atom stereocenters. The molecular formula is C23H24FN5O2. The number of nitrogens with zero attached hydrogens (tertiary/aromatic N) is 4. The largest absolute Gasteiger partial charge is 0.507 e. The maximum absolute atomic E-state index is 14.7. The molecule has 1 aromatic carbocycles. The number of aromatic hydroxyl groups is 1. The SMILES string of the molecule is Cc1ccc(-c2ccc(-c3ccc(O[C@@H]4C[C@H]5CCC[C@H](N5)[C@@H]4F)nn3)c(O)c2)nn1. The van der Waals surface area contributed by atoms with Gasteiger partial charge in [0, 0.05) is 35.7 Å². The lowest BCUT2D eigenvalue weighted by Gasteiger charge is -2.42. The average molecular weight is 421 g/mol. The topological polar surface area (TPSA) is 93.0 Å². The van der Waals surface area contributed by atoms with Crippen LogP contribution in [0, 0.1) is 6.92 Å². The number of alkyl halides is 1. The van der Waals surface area contributed by atoms with Crippen LogP contribution in [0.3, 0.4) is 0 Å². The van der Waals surface area contributed by atoms with Crippen LogP contribution < -0.4 is 10.1 Å². The number of rotatable bonds is 4. The number of nitrogens with one attached hydrogen (secondary N) is 1. The summed E-state index contributed by atoms with van der Waals surface area (Å²) in [5.74, 6) is 0.361. The van der Waals surface area contributed by atoms with Crippen molar-refractivity contribution in [3.63, 3.8) is 0 Å². The van der Waals surface area contributed by atoms with Crippen molar-refractivity contribution in [2.24, 2.45) is 0 Å². The predicted octanol–water partition coefficient (Wildman–Crippen LogP) is 3.61. The van der Waals surface area contributed by atoms with E-state index in [0.29, 0.717) is 35.3 Å². The van der Waals surface area contributed by atoms with Crippen molar-refractivity contribution in [3.05, 3.63) is 48.2 Å². The van der Waals surface area contributed by atoms with Crippen LogP contribution in [0.5, 0.6) is 11.6 Å². The van der Waals surface area contributed by atoms with Gasteiger partial charge < -0.3 is 15.2 Å². The van der Waals surface area contributed by atoms with Gasteiger partial charge in [-0.05, 0) is 50.1 Å².